The Morgan fingerprint density at radius 2 is 2.18 bits per heavy atom. The van der Waals surface area contributed by atoms with Crippen molar-refractivity contribution in [2.75, 3.05) is 20.3 Å². The highest BCUT2D eigenvalue weighted by Gasteiger charge is 1.98. The molecule has 0 atom stereocenters. The highest BCUT2D eigenvalue weighted by molar-refractivity contribution is 5.73. The van der Waals surface area contributed by atoms with Crippen LogP contribution in [0.1, 0.15) is 19.4 Å². The minimum absolute atomic E-state index is 0.198. The average Bonchev–Trinajstić information content (AvgIpc) is 2.40. The molecule has 0 saturated heterocycles. The number of hydrogen-bond donors (Lipinski definition) is 2. The van der Waals surface area contributed by atoms with E-state index in [1.165, 1.54) is 0 Å². The van der Waals surface area contributed by atoms with Crippen LogP contribution in [0.5, 0.6) is 0 Å². The fraction of sp³-hybridized carbons (Fsp3) is 0.500. The van der Waals surface area contributed by atoms with Gasteiger partial charge in [0.15, 0.2) is 0 Å². The minimum Gasteiger partial charge on any atom is -0.383 e. The van der Waals surface area contributed by atoms with Crippen molar-refractivity contribution in [3.63, 3.8) is 0 Å². The number of urea groups is 1. The maximum absolute atomic E-state index is 11.2. The van der Waals surface area contributed by atoms with Gasteiger partial charge >= 0.3 is 6.03 Å². The largest absolute Gasteiger partial charge is 0.383 e. The van der Waals surface area contributed by atoms with Crippen LogP contribution in [0.3, 0.4) is 0 Å². The Bertz CT molecular complexity index is 291. The molecule has 96 valence electrons. The summed E-state index contributed by atoms with van der Waals surface area (Å²) < 4.78 is 4.80. The van der Waals surface area contributed by atoms with E-state index in [4.69, 9.17) is 4.74 Å². The van der Waals surface area contributed by atoms with Gasteiger partial charge in [0.2, 0.25) is 0 Å². The first-order chi connectivity index (χ1) is 8.33. The Kier molecular flexibility index (Phi) is 9.85. The zero-order chi connectivity index (χ0) is 12.9. The van der Waals surface area contributed by atoms with Gasteiger partial charge in [-0.25, -0.2) is 4.79 Å². The zero-order valence-electron chi connectivity index (χ0n) is 10.7. The first kappa shape index (κ1) is 15.4. The first-order valence-electron chi connectivity index (χ1n) is 5.72. The van der Waals surface area contributed by atoms with E-state index in [0.717, 1.165) is 5.56 Å². The van der Waals surface area contributed by atoms with Crippen LogP contribution in [-0.2, 0) is 11.3 Å². The number of nitrogens with one attached hydrogen (secondary N) is 2. The highest BCUT2D eigenvalue weighted by Crippen LogP contribution is 1.93. The molecule has 0 unspecified atom stereocenters. The monoisotopic (exact) mass is 239 g/mol. The molecule has 0 aliphatic rings. The zero-order valence-corrected chi connectivity index (χ0v) is 10.7. The third-order valence-electron chi connectivity index (χ3n) is 1.77. The number of amides is 2. The molecule has 2 N–H and O–H groups in total. The lowest BCUT2D eigenvalue weighted by Crippen LogP contribution is -2.36. The van der Waals surface area contributed by atoms with Gasteiger partial charge in [-0.05, 0) is 11.6 Å². The number of aromatic nitrogens is 1. The second-order valence-electron chi connectivity index (χ2n) is 2.96. The average molecular weight is 239 g/mol. The number of rotatable bonds is 5. The van der Waals surface area contributed by atoms with E-state index in [0.29, 0.717) is 19.7 Å². The Balaban J connectivity index is 0.00000121. The van der Waals surface area contributed by atoms with Gasteiger partial charge in [0, 0.05) is 32.6 Å². The normalized spacial score (nSPS) is 8.88. The number of pyridine rings is 1. The molecule has 0 radical (unpaired) electrons. The van der Waals surface area contributed by atoms with Gasteiger partial charge in [-0.3, -0.25) is 4.98 Å². The maximum atomic E-state index is 11.2. The van der Waals surface area contributed by atoms with Crippen molar-refractivity contribution in [2.24, 2.45) is 0 Å². The molecule has 0 aromatic carbocycles. The van der Waals surface area contributed by atoms with Gasteiger partial charge < -0.3 is 15.4 Å². The van der Waals surface area contributed by atoms with Crippen molar-refractivity contribution in [1.29, 1.82) is 0 Å². The predicted octanol–water partition coefficient (Wildman–Crippen LogP) is 1.55. The number of carbonyl (C=O) groups excluding carboxylic acids is 1. The summed E-state index contributed by atoms with van der Waals surface area (Å²) in [5, 5.41) is 5.37. The van der Waals surface area contributed by atoms with Crippen LogP contribution < -0.4 is 10.6 Å². The number of hydrogen-bond acceptors (Lipinski definition) is 3. The molecule has 1 heterocycles. The lowest BCUT2D eigenvalue weighted by Gasteiger charge is -2.06. The molecular formula is C12H21N3O2. The van der Waals surface area contributed by atoms with E-state index in [1.54, 1.807) is 19.5 Å². The Morgan fingerprint density at radius 3 is 2.76 bits per heavy atom. The van der Waals surface area contributed by atoms with Gasteiger partial charge in [0.05, 0.1) is 6.61 Å². The molecule has 0 bridgehead atoms. The summed E-state index contributed by atoms with van der Waals surface area (Å²) in [4.78, 5) is 15.1. The fourth-order valence-corrected chi connectivity index (χ4v) is 1.01. The van der Waals surface area contributed by atoms with Crippen molar-refractivity contribution < 1.29 is 9.53 Å². The smallest absolute Gasteiger partial charge is 0.315 e. The molecule has 0 spiro atoms. The summed E-state index contributed by atoms with van der Waals surface area (Å²) in [6.07, 6.45) is 3.41. The van der Waals surface area contributed by atoms with Crippen LogP contribution in [0.2, 0.25) is 0 Å². The number of ether oxygens (including phenoxy) is 1. The van der Waals surface area contributed by atoms with E-state index in [2.05, 4.69) is 15.6 Å². The summed E-state index contributed by atoms with van der Waals surface area (Å²) in [7, 11) is 1.59. The second kappa shape index (κ2) is 10.9. The lowest BCUT2D eigenvalue weighted by atomic mass is 10.3. The van der Waals surface area contributed by atoms with E-state index >= 15 is 0 Å². The van der Waals surface area contributed by atoms with E-state index in [-0.39, 0.29) is 6.03 Å². The van der Waals surface area contributed by atoms with Crippen LogP contribution in [0.25, 0.3) is 0 Å². The van der Waals surface area contributed by atoms with Gasteiger partial charge in [0.1, 0.15) is 0 Å². The minimum atomic E-state index is -0.198. The van der Waals surface area contributed by atoms with Crippen LogP contribution in [0.15, 0.2) is 24.5 Å². The molecule has 5 nitrogen and oxygen atoms in total. The Hall–Kier alpha value is -1.62. The van der Waals surface area contributed by atoms with Gasteiger partial charge in [-0.2, -0.15) is 0 Å². The summed E-state index contributed by atoms with van der Waals surface area (Å²) in [6, 6.07) is 3.54. The van der Waals surface area contributed by atoms with Crippen molar-refractivity contribution >= 4 is 6.03 Å². The summed E-state index contributed by atoms with van der Waals surface area (Å²) in [5.74, 6) is 0. The molecule has 5 heteroatoms. The summed E-state index contributed by atoms with van der Waals surface area (Å²) in [6.45, 7) is 5.50. The third kappa shape index (κ3) is 8.21. The molecule has 0 aliphatic heterocycles. The van der Waals surface area contributed by atoms with Crippen LogP contribution in [0, 0.1) is 0 Å². The van der Waals surface area contributed by atoms with Crippen molar-refractivity contribution in [2.45, 2.75) is 20.4 Å². The van der Waals surface area contributed by atoms with Crippen LogP contribution >= 0.6 is 0 Å². The predicted molar refractivity (Wildman–Crippen MR) is 67.7 cm³/mol. The topological polar surface area (TPSA) is 63.2 Å². The van der Waals surface area contributed by atoms with Gasteiger partial charge in [0.25, 0.3) is 0 Å². The SMILES string of the molecule is CC.COCCNC(=O)NCc1cccnc1. The van der Waals surface area contributed by atoms with E-state index in [9.17, 15) is 4.79 Å². The number of methoxy groups -OCH3 is 1. The van der Waals surface area contributed by atoms with Crippen LogP contribution in [0.4, 0.5) is 4.79 Å². The quantitative estimate of drug-likeness (QED) is 0.766. The molecular weight excluding hydrogens is 218 g/mol. The van der Waals surface area contributed by atoms with E-state index in [1.807, 2.05) is 26.0 Å². The van der Waals surface area contributed by atoms with Gasteiger partial charge in [-0.1, -0.05) is 19.9 Å². The fourth-order valence-electron chi connectivity index (χ4n) is 1.01. The molecule has 2 amide bonds. The molecule has 1 rings (SSSR count). The molecule has 1 aromatic rings. The van der Waals surface area contributed by atoms with Crippen molar-refractivity contribution in [3.05, 3.63) is 30.1 Å². The van der Waals surface area contributed by atoms with Gasteiger partial charge in [-0.15, -0.1) is 0 Å². The third-order valence-corrected chi connectivity index (χ3v) is 1.77. The molecule has 17 heavy (non-hydrogen) atoms. The highest BCUT2D eigenvalue weighted by atomic mass is 16.5. The lowest BCUT2D eigenvalue weighted by molar-refractivity contribution is 0.196. The maximum Gasteiger partial charge on any atom is 0.315 e. The summed E-state index contributed by atoms with van der Waals surface area (Å²) in [5.41, 5.74) is 0.972. The molecule has 0 fully saturated rings. The Labute approximate surface area is 103 Å². The summed E-state index contributed by atoms with van der Waals surface area (Å²) >= 11 is 0. The standard InChI is InChI=1S/C10H15N3O2.C2H6/c1-15-6-5-12-10(14)13-8-9-3-2-4-11-7-9;1-2/h2-4,7H,5-6,8H2,1H3,(H2,12,13,14);1-2H3. The Morgan fingerprint density at radius 1 is 1.41 bits per heavy atom. The molecule has 0 saturated carbocycles. The molecule has 0 aliphatic carbocycles. The first-order valence-corrected chi connectivity index (χ1v) is 5.72. The van der Waals surface area contributed by atoms with Crippen LogP contribution in [-0.4, -0.2) is 31.3 Å². The second-order valence-corrected chi connectivity index (χ2v) is 2.96. The van der Waals surface area contributed by atoms with Crippen molar-refractivity contribution in [1.82, 2.24) is 15.6 Å². The number of carbonyl (C=O) groups is 1. The van der Waals surface area contributed by atoms with E-state index < -0.39 is 0 Å². The van der Waals surface area contributed by atoms with Crippen molar-refractivity contribution in [3.8, 4) is 0 Å². The molecule has 1 aromatic heterocycles. The number of nitrogens with zero attached hydrogens (tertiary/aromatic N) is 1.